The van der Waals surface area contributed by atoms with Crippen molar-refractivity contribution in [1.29, 1.82) is 0 Å². The number of hydrogen-bond donors (Lipinski definition) is 0. The van der Waals surface area contributed by atoms with E-state index in [1.807, 2.05) is 0 Å². The lowest BCUT2D eigenvalue weighted by molar-refractivity contribution is -0.361. The molecule has 0 radical (unpaired) electrons. The third kappa shape index (κ3) is 5.73. The first-order chi connectivity index (χ1) is 31.0. The molecule has 0 saturated heterocycles. The summed E-state index contributed by atoms with van der Waals surface area (Å²) in [5.41, 5.74) is -0.566. The maximum atomic E-state index is 15.8. The van der Waals surface area contributed by atoms with Crippen LogP contribution in [0.25, 0.3) is 110 Å². The summed E-state index contributed by atoms with van der Waals surface area (Å²) in [7, 11) is 0. The third-order valence-electron chi connectivity index (χ3n) is 11.5. The number of thiophene rings is 4. The van der Waals surface area contributed by atoms with Gasteiger partial charge in [-0.2, -0.15) is 107 Å². The SMILES string of the molecule is FC(F)(F)C(F)(F)C(F)(F)c1nc2c(-c3ccsc3)cc3c4cc(-c5ccsc5)c5nc(C(F)(F)C(F)(F)C(F)(F)F)nc6c(-c7ccsc7)cc(c7cc(-c8ccsc8)c(n1)c2c37)c4c56. The fraction of sp³-hybridized carbons (Fsp3) is 0.136. The van der Waals surface area contributed by atoms with Crippen molar-refractivity contribution in [3.8, 4) is 44.5 Å². The molecule has 5 aromatic carbocycles. The predicted octanol–water partition coefficient (Wildman–Crippen LogP) is 16.6. The molecule has 6 heterocycles. The van der Waals surface area contributed by atoms with Gasteiger partial charge in [0.15, 0.2) is 0 Å². The van der Waals surface area contributed by atoms with Crippen LogP contribution in [-0.2, 0) is 11.8 Å². The fourth-order valence-electron chi connectivity index (χ4n) is 8.46. The largest absolute Gasteiger partial charge is 0.460 e. The van der Waals surface area contributed by atoms with Gasteiger partial charge in [0.1, 0.15) is 0 Å². The first-order valence-electron chi connectivity index (χ1n) is 18.8. The second kappa shape index (κ2) is 13.9. The number of hydrogen-bond acceptors (Lipinski definition) is 8. The number of fused-ring (bicyclic) bond motifs is 2. The Morgan fingerprint density at radius 2 is 0.576 bits per heavy atom. The quantitative estimate of drug-likeness (QED) is 0.0865. The van der Waals surface area contributed by atoms with Gasteiger partial charge in [0.05, 0.1) is 22.1 Å². The number of halogens is 14. The summed E-state index contributed by atoms with van der Waals surface area (Å²) >= 11 is 4.53. The summed E-state index contributed by atoms with van der Waals surface area (Å²) in [6.07, 6.45) is -13.4. The van der Waals surface area contributed by atoms with Gasteiger partial charge in [-0.15, -0.1) is 0 Å². The lowest BCUT2D eigenvalue weighted by Gasteiger charge is -2.28. The highest BCUT2D eigenvalue weighted by Gasteiger charge is 2.76. The Bertz CT molecular complexity index is 3240. The van der Waals surface area contributed by atoms with Crippen LogP contribution >= 0.6 is 45.3 Å². The first-order valence-corrected chi connectivity index (χ1v) is 22.5. The number of benzene rings is 5. The standard InChI is InChI=1S/C44H16F14N4S4/c45-39(46,41(49,50)43(53,54)55)37-59-33-21(17-1-5-63-13-17)9-25-26-10-23(19-3-7-65-15-19)35-32-30(26)28(27-11-22(18-2-6-64-14-18)34(60-37)31(33)29(25)27)12-24(20-4-8-66-16-20)36(32)62-38(61-35)40(47,48)42(51,52)44(56,57)58/h1-16H. The Morgan fingerprint density at radius 3 is 0.773 bits per heavy atom. The molecule has 0 unspecified atom stereocenters. The molecule has 0 aliphatic rings. The summed E-state index contributed by atoms with van der Waals surface area (Å²) < 4.78 is 205. The van der Waals surface area contributed by atoms with E-state index in [0.717, 1.165) is 45.3 Å². The topological polar surface area (TPSA) is 51.6 Å². The van der Waals surface area contributed by atoms with Crippen LogP contribution in [0.2, 0.25) is 0 Å². The van der Waals surface area contributed by atoms with Gasteiger partial charge in [0.2, 0.25) is 11.6 Å². The van der Waals surface area contributed by atoms with E-state index in [2.05, 4.69) is 19.9 Å². The van der Waals surface area contributed by atoms with E-state index in [0.29, 0.717) is 0 Å². The molecule has 11 aromatic rings. The second-order valence-corrected chi connectivity index (χ2v) is 18.3. The number of alkyl halides is 14. The lowest BCUT2D eigenvalue weighted by Crippen LogP contribution is -2.50. The van der Waals surface area contributed by atoms with E-state index in [1.165, 1.54) is 48.5 Å². The molecule has 0 aliphatic heterocycles. The molecular formula is C44H16F14N4S4. The molecular weight excluding hydrogens is 979 g/mol. The zero-order chi connectivity index (χ0) is 46.7. The zero-order valence-corrected chi connectivity index (χ0v) is 35.2. The van der Waals surface area contributed by atoms with Crippen molar-refractivity contribution in [2.45, 2.75) is 36.0 Å². The Morgan fingerprint density at radius 1 is 0.333 bits per heavy atom. The normalized spacial score (nSPS) is 13.9. The van der Waals surface area contributed by atoms with E-state index in [-0.39, 0.29) is 87.6 Å². The molecule has 11 rings (SSSR count). The molecule has 0 saturated carbocycles. The van der Waals surface area contributed by atoms with E-state index in [4.69, 9.17) is 0 Å². The smallest absolute Gasteiger partial charge is 0.226 e. The van der Waals surface area contributed by atoms with Gasteiger partial charge in [-0.1, -0.05) is 0 Å². The molecule has 22 heteroatoms. The van der Waals surface area contributed by atoms with Crippen molar-refractivity contribution in [2.75, 3.05) is 0 Å². The summed E-state index contributed by atoms with van der Waals surface area (Å²) in [6, 6.07) is 12.0. The molecule has 0 aliphatic carbocycles. The van der Waals surface area contributed by atoms with E-state index >= 15 is 17.6 Å². The van der Waals surface area contributed by atoms with Crippen LogP contribution in [0.4, 0.5) is 61.5 Å². The minimum atomic E-state index is -6.72. The zero-order valence-electron chi connectivity index (χ0n) is 32.0. The molecule has 0 atom stereocenters. The summed E-state index contributed by atoms with van der Waals surface area (Å²) in [5, 5.41) is 14.1. The highest BCUT2D eigenvalue weighted by molar-refractivity contribution is 7.09. The van der Waals surface area contributed by atoms with Gasteiger partial charge in [0.25, 0.3) is 0 Å². The predicted molar refractivity (Wildman–Crippen MR) is 228 cm³/mol. The van der Waals surface area contributed by atoms with Gasteiger partial charge < -0.3 is 0 Å². The maximum absolute atomic E-state index is 15.8. The Kier molecular flexibility index (Phi) is 8.98. The monoisotopic (exact) mass is 994 g/mol. The highest BCUT2D eigenvalue weighted by atomic mass is 32.1. The van der Waals surface area contributed by atoms with Crippen LogP contribution in [0.5, 0.6) is 0 Å². The van der Waals surface area contributed by atoms with Gasteiger partial charge >= 0.3 is 36.0 Å². The second-order valence-electron chi connectivity index (χ2n) is 15.2. The molecule has 6 aromatic heterocycles. The molecule has 0 N–H and O–H groups in total. The number of aromatic nitrogens is 4. The van der Waals surface area contributed by atoms with Crippen LogP contribution < -0.4 is 0 Å². The van der Waals surface area contributed by atoms with Gasteiger partial charge in [0, 0.05) is 43.8 Å². The molecule has 0 fully saturated rings. The van der Waals surface area contributed by atoms with Gasteiger partial charge in [-0.3, -0.25) is 0 Å². The molecule has 0 spiro atoms. The van der Waals surface area contributed by atoms with Crippen molar-refractivity contribution in [2.24, 2.45) is 0 Å². The van der Waals surface area contributed by atoms with Crippen molar-refractivity contribution in [3.05, 3.63) is 103 Å². The van der Waals surface area contributed by atoms with Crippen LogP contribution in [0.1, 0.15) is 11.6 Å². The van der Waals surface area contributed by atoms with E-state index in [1.54, 1.807) is 43.0 Å². The summed E-state index contributed by atoms with van der Waals surface area (Å²) in [5.74, 6) is -29.4. The van der Waals surface area contributed by atoms with Crippen molar-refractivity contribution in [3.63, 3.8) is 0 Å². The Hall–Kier alpha value is -5.84. The van der Waals surface area contributed by atoms with E-state index < -0.39 is 69.8 Å². The van der Waals surface area contributed by atoms with Crippen LogP contribution in [0.15, 0.2) is 91.6 Å². The average Bonchev–Trinajstić information content (AvgIpc) is 4.12. The van der Waals surface area contributed by atoms with Crippen molar-refractivity contribution < 1.29 is 61.5 Å². The Labute approximate surface area is 374 Å². The Balaban J connectivity index is 1.40. The summed E-state index contributed by atoms with van der Waals surface area (Å²) in [6.45, 7) is 0. The van der Waals surface area contributed by atoms with Crippen molar-refractivity contribution in [1.82, 2.24) is 19.9 Å². The average molecular weight is 995 g/mol. The third-order valence-corrected chi connectivity index (χ3v) is 14.3. The molecule has 334 valence electrons. The van der Waals surface area contributed by atoms with Crippen LogP contribution in [-0.4, -0.2) is 44.1 Å². The molecule has 66 heavy (non-hydrogen) atoms. The van der Waals surface area contributed by atoms with Crippen LogP contribution in [0, 0.1) is 0 Å². The molecule has 0 bridgehead atoms. The first kappa shape index (κ1) is 42.8. The minimum absolute atomic E-state index is 0.00840. The van der Waals surface area contributed by atoms with Crippen molar-refractivity contribution >= 4 is 111 Å². The van der Waals surface area contributed by atoms with Gasteiger partial charge in [-0.25, -0.2) is 19.9 Å². The van der Waals surface area contributed by atoms with Crippen LogP contribution in [0.3, 0.4) is 0 Å². The molecule has 0 amide bonds. The minimum Gasteiger partial charge on any atom is -0.226 e. The van der Waals surface area contributed by atoms with E-state index in [9.17, 15) is 43.9 Å². The number of nitrogens with zero attached hydrogens (tertiary/aromatic N) is 4. The number of rotatable bonds is 8. The van der Waals surface area contributed by atoms with Gasteiger partial charge in [-0.05, 0) is 135 Å². The fourth-order valence-corrected chi connectivity index (χ4v) is 11.1. The highest BCUT2D eigenvalue weighted by Crippen LogP contribution is 2.57. The lowest BCUT2D eigenvalue weighted by atomic mass is 9.82. The summed E-state index contributed by atoms with van der Waals surface area (Å²) in [4.78, 5) is 15.4. The maximum Gasteiger partial charge on any atom is 0.460 e. The molecule has 4 nitrogen and oxygen atoms in total.